The Bertz CT molecular complexity index is 432. The molecule has 1 aliphatic heterocycles. The van der Waals surface area contributed by atoms with Crippen LogP contribution in [0.25, 0.3) is 0 Å². The third-order valence-electron chi connectivity index (χ3n) is 2.69. The van der Waals surface area contributed by atoms with Crippen LogP contribution in [0.15, 0.2) is 6.20 Å². The summed E-state index contributed by atoms with van der Waals surface area (Å²) in [6, 6.07) is 0. The van der Waals surface area contributed by atoms with Crippen LogP contribution in [0, 0.1) is 0 Å². The van der Waals surface area contributed by atoms with Crippen molar-refractivity contribution in [3.8, 4) is 5.88 Å². The van der Waals surface area contributed by atoms with Crippen LogP contribution >= 0.6 is 0 Å². The van der Waals surface area contributed by atoms with Gasteiger partial charge in [-0.1, -0.05) is 0 Å². The highest BCUT2D eigenvalue weighted by Gasteiger charge is 2.21. The van der Waals surface area contributed by atoms with Gasteiger partial charge in [0.2, 0.25) is 0 Å². The molecule has 0 unspecified atom stereocenters. The zero-order valence-corrected chi connectivity index (χ0v) is 10.5. The van der Waals surface area contributed by atoms with Gasteiger partial charge in [0.15, 0.2) is 11.5 Å². The van der Waals surface area contributed by atoms with E-state index in [4.69, 9.17) is 9.47 Å². The average Bonchev–Trinajstić information content (AvgIpc) is 2.46. The van der Waals surface area contributed by atoms with Crippen molar-refractivity contribution < 1.29 is 14.3 Å². The molecule has 1 N–H and O–H groups in total. The Hall–Kier alpha value is -1.89. The van der Waals surface area contributed by atoms with Crippen molar-refractivity contribution in [3.05, 3.63) is 11.9 Å². The monoisotopic (exact) mass is 252 g/mol. The largest absolute Gasteiger partial charge is 0.478 e. The summed E-state index contributed by atoms with van der Waals surface area (Å²) in [7, 11) is 3.21. The Morgan fingerprint density at radius 3 is 2.83 bits per heavy atom. The number of carbonyl (C=O) groups excluding carboxylic acids is 1. The van der Waals surface area contributed by atoms with Crippen molar-refractivity contribution in [1.82, 2.24) is 14.9 Å². The second kappa shape index (κ2) is 5.63. The molecule has 0 bridgehead atoms. The van der Waals surface area contributed by atoms with Gasteiger partial charge in [0, 0.05) is 20.1 Å². The molecule has 0 spiro atoms. The molecule has 1 aromatic heterocycles. The number of hydrogen-bond acceptors (Lipinski definition) is 6. The van der Waals surface area contributed by atoms with E-state index >= 15 is 0 Å². The first-order valence-electron chi connectivity index (χ1n) is 5.72. The topological polar surface area (TPSA) is 76.6 Å². The minimum absolute atomic E-state index is 0.147. The zero-order valence-electron chi connectivity index (χ0n) is 10.5. The van der Waals surface area contributed by atoms with Gasteiger partial charge in [-0.15, -0.1) is 0 Å². The summed E-state index contributed by atoms with van der Waals surface area (Å²) >= 11 is 0. The SMILES string of the molecule is CNc1ncc(C(=O)N2CCOCC2)nc1OC. The summed E-state index contributed by atoms with van der Waals surface area (Å²) in [5.41, 5.74) is 0.285. The molecule has 98 valence electrons. The van der Waals surface area contributed by atoms with Crippen molar-refractivity contribution in [3.63, 3.8) is 0 Å². The number of nitrogens with one attached hydrogen (secondary N) is 1. The fourth-order valence-electron chi connectivity index (χ4n) is 1.72. The van der Waals surface area contributed by atoms with Gasteiger partial charge in [-0.25, -0.2) is 9.97 Å². The number of morpholine rings is 1. The molecule has 0 saturated carbocycles. The van der Waals surface area contributed by atoms with E-state index in [-0.39, 0.29) is 11.6 Å². The van der Waals surface area contributed by atoms with Crippen LogP contribution in [-0.4, -0.2) is 61.2 Å². The lowest BCUT2D eigenvalue weighted by molar-refractivity contribution is 0.0298. The Morgan fingerprint density at radius 2 is 2.22 bits per heavy atom. The second-order valence-corrected chi connectivity index (χ2v) is 3.77. The first-order chi connectivity index (χ1) is 8.76. The molecule has 0 radical (unpaired) electrons. The first kappa shape index (κ1) is 12.6. The van der Waals surface area contributed by atoms with Gasteiger partial charge in [0.25, 0.3) is 11.8 Å². The van der Waals surface area contributed by atoms with Crippen molar-refractivity contribution >= 4 is 11.7 Å². The summed E-state index contributed by atoms with van der Waals surface area (Å²) in [4.78, 5) is 22.1. The molecular formula is C11H16N4O3. The van der Waals surface area contributed by atoms with Crippen molar-refractivity contribution in [2.75, 3.05) is 45.8 Å². The Morgan fingerprint density at radius 1 is 1.50 bits per heavy atom. The van der Waals surface area contributed by atoms with E-state index in [1.807, 2.05) is 0 Å². The molecule has 7 nitrogen and oxygen atoms in total. The predicted octanol–water partition coefficient (Wildman–Crippen LogP) is -0.000700. The lowest BCUT2D eigenvalue weighted by Crippen LogP contribution is -2.41. The normalized spacial score (nSPS) is 15.3. The Kier molecular flexibility index (Phi) is 3.93. The van der Waals surface area contributed by atoms with Crippen LogP contribution in [0.4, 0.5) is 5.82 Å². The van der Waals surface area contributed by atoms with Gasteiger partial charge < -0.3 is 19.7 Å². The number of nitrogens with zero attached hydrogens (tertiary/aromatic N) is 3. The van der Waals surface area contributed by atoms with E-state index in [0.717, 1.165) is 0 Å². The van der Waals surface area contributed by atoms with Gasteiger partial charge in [0.05, 0.1) is 26.5 Å². The predicted molar refractivity (Wildman–Crippen MR) is 64.9 cm³/mol. The van der Waals surface area contributed by atoms with E-state index in [1.54, 1.807) is 11.9 Å². The van der Waals surface area contributed by atoms with Crippen LogP contribution in [0.2, 0.25) is 0 Å². The van der Waals surface area contributed by atoms with Gasteiger partial charge in [-0.2, -0.15) is 0 Å². The molecule has 1 aromatic rings. The Balaban J connectivity index is 2.19. The average molecular weight is 252 g/mol. The molecule has 2 rings (SSSR count). The second-order valence-electron chi connectivity index (χ2n) is 3.77. The maximum atomic E-state index is 12.2. The third-order valence-corrected chi connectivity index (χ3v) is 2.69. The maximum absolute atomic E-state index is 12.2. The highest BCUT2D eigenvalue weighted by atomic mass is 16.5. The molecule has 7 heteroatoms. The molecule has 0 aliphatic carbocycles. The molecule has 2 heterocycles. The summed E-state index contributed by atoms with van der Waals surface area (Å²) < 4.78 is 10.3. The lowest BCUT2D eigenvalue weighted by atomic mass is 10.3. The van der Waals surface area contributed by atoms with Gasteiger partial charge >= 0.3 is 0 Å². The highest BCUT2D eigenvalue weighted by Crippen LogP contribution is 2.18. The van der Waals surface area contributed by atoms with E-state index < -0.39 is 0 Å². The molecule has 1 saturated heterocycles. The highest BCUT2D eigenvalue weighted by molar-refractivity contribution is 5.92. The van der Waals surface area contributed by atoms with Gasteiger partial charge in [0.1, 0.15) is 0 Å². The van der Waals surface area contributed by atoms with Crippen LogP contribution in [-0.2, 0) is 4.74 Å². The number of amides is 1. The molecule has 18 heavy (non-hydrogen) atoms. The van der Waals surface area contributed by atoms with Crippen LogP contribution < -0.4 is 10.1 Å². The van der Waals surface area contributed by atoms with Crippen LogP contribution in [0.3, 0.4) is 0 Å². The lowest BCUT2D eigenvalue weighted by Gasteiger charge is -2.26. The molecular weight excluding hydrogens is 236 g/mol. The number of rotatable bonds is 3. The number of carbonyl (C=O) groups is 1. The van der Waals surface area contributed by atoms with E-state index in [0.29, 0.717) is 38.0 Å². The van der Waals surface area contributed by atoms with E-state index in [1.165, 1.54) is 13.3 Å². The summed E-state index contributed by atoms with van der Waals surface area (Å²) in [6.07, 6.45) is 1.45. The first-order valence-corrected chi connectivity index (χ1v) is 5.72. The zero-order chi connectivity index (χ0) is 13.0. The van der Waals surface area contributed by atoms with E-state index in [2.05, 4.69) is 15.3 Å². The van der Waals surface area contributed by atoms with Gasteiger partial charge in [-0.3, -0.25) is 4.79 Å². The van der Waals surface area contributed by atoms with Crippen molar-refractivity contribution in [2.24, 2.45) is 0 Å². The quantitative estimate of drug-likeness (QED) is 0.816. The number of aromatic nitrogens is 2. The minimum Gasteiger partial charge on any atom is -0.478 e. The molecule has 1 amide bonds. The smallest absolute Gasteiger partial charge is 0.274 e. The maximum Gasteiger partial charge on any atom is 0.274 e. The number of methoxy groups -OCH3 is 1. The van der Waals surface area contributed by atoms with Crippen LogP contribution in [0.1, 0.15) is 10.5 Å². The number of hydrogen-bond donors (Lipinski definition) is 1. The summed E-state index contributed by atoms with van der Waals surface area (Å²) in [6.45, 7) is 2.28. The van der Waals surface area contributed by atoms with Gasteiger partial charge in [-0.05, 0) is 0 Å². The molecule has 0 atom stereocenters. The fourth-order valence-corrected chi connectivity index (χ4v) is 1.72. The summed E-state index contributed by atoms with van der Waals surface area (Å²) in [5, 5.41) is 2.85. The molecule has 1 fully saturated rings. The summed E-state index contributed by atoms with van der Waals surface area (Å²) in [5.74, 6) is 0.680. The van der Waals surface area contributed by atoms with Crippen molar-refractivity contribution in [1.29, 1.82) is 0 Å². The number of anilines is 1. The molecule has 0 aromatic carbocycles. The van der Waals surface area contributed by atoms with Crippen molar-refractivity contribution in [2.45, 2.75) is 0 Å². The minimum atomic E-state index is -0.147. The standard InChI is InChI=1S/C11H16N4O3/c1-12-9-10(17-2)14-8(7-13-9)11(16)15-3-5-18-6-4-15/h7H,3-6H2,1-2H3,(H,12,13). The van der Waals surface area contributed by atoms with Crippen LogP contribution in [0.5, 0.6) is 5.88 Å². The number of ether oxygens (including phenoxy) is 2. The third kappa shape index (κ3) is 2.51. The van der Waals surface area contributed by atoms with E-state index in [9.17, 15) is 4.79 Å². The fraction of sp³-hybridized carbons (Fsp3) is 0.545. The molecule has 1 aliphatic rings. The Labute approximate surface area is 105 Å².